The van der Waals surface area contributed by atoms with Crippen molar-refractivity contribution in [1.82, 2.24) is 14.8 Å². The summed E-state index contributed by atoms with van der Waals surface area (Å²) >= 11 is 0. The van der Waals surface area contributed by atoms with Crippen LogP contribution in [0.3, 0.4) is 0 Å². The van der Waals surface area contributed by atoms with E-state index in [-0.39, 0.29) is 10.8 Å². The van der Waals surface area contributed by atoms with Crippen LogP contribution in [-0.2, 0) is 39.0 Å². The molecular weight excluding hydrogens is 1150 g/mol. The lowest BCUT2D eigenvalue weighted by molar-refractivity contribution is -0.141. The molecule has 1 aliphatic carbocycles. The van der Waals surface area contributed by atoms with Crippen LogP contribution in [0.25, 0.3) is 0 Å². The number of hydrogen-bond acceptors (Lipinski definition) is 7. The Morgan fingerprint density at radius 3 is 1.27 bits per heavy atom. The van der Waals surface area contributed by atoms with Crippen LogP contribution in [0.5, 0.6) is 11.5 Å². The molecule has 0 radical (unpaired) electrons. The van der Waals surface area contributed by atoms with Crippen molar-refractivity contribution in [2.45, 2.75) is 292 Å². The predicted molar refractivity (Wildman–Crippen MR) is 420 cm³/mol. The number of morpholine rings is 1. The van der Waals surface area contributed by atoms with Crippen LogP contribution in [0, 0.1) is 58.2 Å². The van der Waals surface area contributed by atoms with E-state index < -0.39 is 0 Å². The minimum atomic E-state index is -0.190. The Morgan fingerprint density at radius 1 is 0.468 bits per heavy atom. The van der Waals surface area contributed by atoms with E-state index in [0.29, 0.717) is 53.5 Å². The first-order chi connectivity index (χ1) is 44.6. The number of aromatic nitrogens is 1. The van der Waals surface area contributed by atoms with E-state index in [2.05, 4.69) is 233 Å². The van der Waals surface area contributed by atoms with E-state index in [0.717, 1.165) is 94.3 Å². The number of ether oxygens (including phenoxy) is 3. The van der Waals surface area contributed by atoms with Crippen molar-refractivity contribution in [2.75, 3.05) is 52.7 Å². The third-order valence-corrected chi connectivity index (χ3v) is 16.5. The van der Waals surface area contributed by atoms with Gasteiger partial charge in [-0.2, -0.15) is 0 Å². The van der Waals surface area contributed by atoms with Gasteiger partial charge in [0.05, 0.1) is 13.2 Å². The maximum Gasteiger partial charge on any atom is 0.231 e. The van der Waals surface area contributed by atoms with Crippen molar-refractivity contribution < 1.29 is 23.8 Å². The summed E-state index contributed by atoms with van der Waals surface area (Å²) in [6.07, 6.45) is 13.1. The maximum atomic E-state index is 12.0. The molecule has 1 amide bonds. The molecule has 0 bridgehead atoms. The first kappa shape index (κ1) is 101. The largest absolute Gasteiger partial charge is 0.454 e. The van der Waals surface area contributed by atoms with E-state index >= 15 is 0 Å². The lowest BCUT2D eigenvalue weighted by Crippen LogP contribution is -2.42. The zero-order chi connectivity index (χ0) is 74.1. The Hall–Kier alpha value is -4.53. The molecule has 94 heavy (non-hydrogen) atoms. The van der Waals surface area contributed by atoms with Crippen LogP contribution in [0.2, 0.25) is 0 Å². The number of pyridine rings is 1. The molecule has 8 rings (SSSR count). The lowest BCUT2D eigenvalue weighted by Gasteiger charge is -2.32. The monoisotopic (exact) mass is 1310 g/mol. The van der Waals surface area contributed by atoms with Crippen LogP contribution < -0.4 is 9.47 Å². The van der Waals surface area contributed by atoms with Gasteiger partial charge < -0.3 is 19.1 Å². The summed E-state index contributed by atoms with van der Waals surface area (Å²) in [7, 11) is 0. The second kappa shape index (κ2) is 62.0. The molecule has 3 fully saturated rings. The lowest BCUT2D eigenvalue weighted by atomic mass is 9.75. The molecule has 0 N–H and O–H groups in total. The number of likely N-dealkylation sites (tertiary alicyclic amines) is 1. The van der Waals surface area contributed by atoms with Crippen LogP contribution in [-0.4, -0.2) is 79.2 Å². The number of nitrogens with zero attached hydrogens (tertiary/aromatic N) is 3. The summed E-state index contributed by atoms with van der Waals surface area (Å²) < 4.78 is 15.8. The number of ketones is 1. The third-order valence-electron chi connectivity index (χ3n) is 16.5. The average molecular weight is 1320 g/mol. The molecule has 3 aliphatic heterocycles. The minimum Gasteiger partial charge on any atom is -0.454 e. The molecule has 4 aromatic rings. The quantitative estimate of drug-likeness (QED) is 0.111. The van der Waals surface area contributed by atoms with Crippen LogP contribution in [0.15, 0.2) is 103 Å². The number of benzene rings is 3. The number of carbonyl (C=O) groups excluding carboxylic acids is 2. The summed E-state index contributed by atoms with van der Waals surface area (Å²) in [4.78, 5) is 32.2. The van der Waals surface area contributed by atoms with Crippen LogP contribution >= 0.6 is 0 Å². The highest BCUT2D eigenvalue weighted by atomic mass is 16.7. The van der Waals surface area contributed by atoms with E-state index in [9.17, 15) is 9.59 Å². The number of fused-ring (bicyclic) bond motifs is 1. The Kier molecular flexibility index (Phi) is 66.3. The standard InChI is InChI=1S/C12H18.C11H21NO.C11H14O2.C10H18O.C10H14.C9H19NO.C9H13N.7C2H6/c1-10(2)12(3,4)11-8-6-5-7-9-11;1-9(2)11(3,4)10(13)12-7-5-6-8-12;1-8(2)5-9-3-4-10-11(6-9)13-7-12-10;1-7(2)10(3,4)9(11)8-5-6-8;1-9(2)8-10-6-4-3-5-7-10;1-9(2)3-4-10-5-7-11-8-6-10;1-8(2)7-9-3-5-10-6-4-9;7*1-2/h5-10H,1-4H3;9H,5-8H2,1-4H3;3-4,6,8H,5,7H2,1-2H3;7-8H,5-6H2,1-4H3;3-7,9H,8H2,1-2H3;9H,3-8H2,1-2H3;3-6,8H,7H2,1-2H3;7*1-2H3. The Morgan fingerprint density at radius 2 is 0.872 bits per heavy atom. The molecule has 2 saturated heterocycles. The number of Topliss-reactive ketones (excluding diaryl/α,β-unsaturated/α-hetero) is 1. The summed E-state index contributed by atoms with van der Waals surface area (Å²) in [5.41, 5.74) is 5.58. The number of carbonyl (C=O) groups is 2. The zero-order valence-corrected chi connectivity index (χ0v) is 68.6. The Bertz CT molecular complexity index is 2190. The third kappa shape index (κ3) is 47.4. The molecule has 1 aromatic heterocycles. The van der Waals surface area contributed by atoms with Gasteiger partial charge in [-0.25, -0.2) is 0 Å². The highest BCUT2D eigenvalue weighted by molar-refractivity contribution is 5.88. The molecule has 0 atom stereocenters. The molecule has 0 unspecified atom stereocenters. The molecule has 0 spiro atoms. The van der Waals surface area contributed by atoms with E-state index in [1.807, 2.05) is 120 Å². The molecule has 4 heterocycles. The SMILES string of the molecule is CC.CC.CC.CC.CC.CC.CC.CC(C)C(C)(C)C(=O)C1CC1.CC(C)C(C)(C)C(=O)N1CCCC1.CC(C)C(C)(C)c1ccccc1.CC(C)CCN1CCOCC1.CC(C)Cc1ccc2c(c1)OCO2.CC(C)Cc1ccccc1.CC(C)Cc1ccncc1. The van der Waals surface area contributed by atoms with E-state index in [4.69, 9.17) is 14.2 Å². The highest BCUT2D eigenvalue weighted by Gasteiger charge is 2.41. The number of rotatable bonds is 16. The van der Waals surface area contributed by atoms with Crippen molar-refractivity contribution in [3.63, 3.8) is 0 Å². The van der Waals surface area contributed by atoms with Gasteiger partial charge in [-0.1, -0.05) is 302 Å². The van der Waals surface area contributed by atoms with Gasteiger partial charge >= 0.3 is 0 Å². The highest BCUT2D eigenvalue weighted by Crippen LogP contribution is 2.40. The second-order valence-corrected chi connectivity index (χ2v) is 27.1. The van der Waals surface area contributed by atoms with Gasteiger partial charge in [-0.3, -0.25) is 19.5 Å². The van der Waals surface area contributed by atoms with Crippen molar-refractivity contribution in [2.24, 2.45) is 58.2 Å². The maximum absolute atomic E-state index is 12.0. The van der Waals surface area contributed by atoms with Crippen molar-refractivity contribution >= 4 is 11.7 Å². The van der Waals surface area contributed by atoms with Gasteiger partial charge in [0, 0.05) is 55.3 Å². The number of amides is 1. The van der Waals surface area contributed by atoms with Gasteiger partial charge in [0.15, 0.2) is 11.5 Å². The topological polar surface area (TPSA) is 81.2 Å². The van der Waals surface area contributed by atoms with Gasteiger partial charge in [0.25, 0.3) is 0 Å². The second-order valence-electron chi connectivity index (χ2n) is 27.1. The fourth-order valence-electron chi connectivity index (χ4n) is 8.81. The fourth-order valence-corrected chi connectivity index (χ4v) is 8.81. The Balaban J connectivity index is -0.000000233. The van der Waals surface area contributed by atoms with Gasteiger partial charge in [0.1, 0.15) is 5.78 Å². The van der Waals surface area contributed by atoms with E-state index in [1.165, 1.54) is 54.5 Å². The van der Waals surface area contributed by atoms with E-state index in [1.54, 1.807) is 0 Å². The van der Waals surface area contributed by atoms with Crippen molar-refractivity contribution in [3.8, 4) is 11.5 Å². The number of hydrogen-bond donors (Lipinski definition) is 0. The summed E-state index contributed by atoms with van der Waals surface area (Å²) in [5.74, 6) is 7.56. The minimum absolute atomic E-state index is 0.0961. The molecule has 1 saturated carbocycles. The molecule has 548 valence electrons. The van der Waals surface area contributed by atoms with Crippen LogP contribution in [0.1, 0.15) is 290 Å². The fraction of sp³-hybridized carbons (Fsp3) is 0.709. The van der Waals surface area contributed by atoms with Crippen molar-refractivity contribution in [1.29, 1.82) is 0 Å². The molecular formula is C86H159N3O5. The summed E-state index contributed by atoms with van der Waals surface area (Å²) in [6.45, 7) is 79.5. The molecule has 4 aliphatic rings. The van der Waals surface area contributed by atoms with Crippen molar-refractivity contribution in [3.05, 3.63) is 126 Å². The Labute approximate surface area is 587 Å². The summed E-state index contributed by atoms with van der Waals surface area (Å²) in [5, 5.41) is 0. The first-order valence-electron chi connectivity index (χ1n) is 38.1. The van der Waals surface area contributed by atoms with Gasteiger partial charge in [-0.15, -0.1) is 0 Å². The first-order valence-corrected chi connectivity index (χ1v) is 38.1. The molecule has 8 heteroatoms. The molecule has 3 aromatic carbocycles. The van der Waals surface area contributed by atoms with Crippen LogP contribution in [0.4, 0.5) is 0 Å². The van der Waals surface area contributed by atoms with Gasteiger partial charge in [-0.05, 0) is 151 Å². The predicted octanol–water partition coefficient (Wildman–Crippen LogP) is 24.9. The van der Waals surface area contributed by atoms with Gasteiger partial charge in [0.2, 0.25) is 12.7 Å². The molecule has 8 nitrogen and oxygen atoms in total. The average Bonchev–Trinajstić information content (AvgIpc) is 1.58. The smallest absolute Gasteiger partial charge is 0.231 e. The summed E-state index contributed by atoms with van der Waals surface area (Å²) in [6, 6.07) is 31.6. The zero-order valence-electron chi connectivity index (χ0n) is 68.6. The normalized spacial score (nSPS) is 13.3.